The summed E-state index contributed by atoms with van der Waals surface area (Å²) in [6.07, 6.45) is 6.50. The largest absolute Gasteiger partial charge is 0.449 e. The quantitative estimate of drug-likeness (QED) is 0.646. The van der Waals surface area contributed by atoms with E-state index in [2.05, 4.69) is 12.2 Å². The molecule has 0 spiro atoms. The SMILES string of the molecule is C[C@H](OC(=O)/C=C/c1ccccc1Cl)C(=O)N[C@@H]1CCCC[C@@H]1C. The van der Waals surface area contributed by atoms with Gasteiger partial charge in [0.15, 0.2) is 6.10 Å². The molecule has 1 aliphatic carbocycles. The van der Waals surface area contributed by atoms with Crippen LogP contribution >= 0.6 is 11.6 Å². The van der Waals surface area contributed by atoms with Gasteiger partial charge in [-0.05, 0) is 43.4 Å². The smallest absolute Gasteiger partial charge is 0.331 e. The summed E-state index contributed by atoms with van der Waals surface area (Å²) in [5.41, 5.74) is 0.726. The number of amides is 1. The highest BCUT2D eigenvalue weighted by molar-refractivity contribution is 6.32. The summed E-state index contributed by atoms with van der Waals surface area (Å²) in [7, 11) is 0. The number of carbonyl (C=O) groups excluding carboxylic acids is 2. The standard InChI is InChI=1S/C19H24ClNO3/c1-13-7-3-6-10-17(13)21-19(23)14(2)24-18(22)12-11-15-8-4-5-9-16(15)20/h4-5,8-9,11-14,17H,3,6-7,10H2,1-2H3,(H,21,23)/b12-11+/t13-,14-,17+/m0/s1. The predicted molar refractivity (Wildman–Crippen MR) is 95.6 cm³/mol. The van der Waals surface area contributed by atoms with Gasteiger partial charge in [0.1, 0.15) is 0 Å². The zero-order valence-electron chi connectivity index (χ0n) is 14.1. The van der Waals surface area contributed by atoms with E-state index in [0.29, 0.717) is 10.9 Å². The van der Waals surface area contributed by atoms with Crippen molar-refractivity contribution in [3.8, 4) is 0 Å². The molecule has 0 saturated heterocycles. The molecule has 0 bridgehead atoms. The molecule has 2 rings (SSSR count). The summed E-state index contributed by atoms with van der Waals surface area (Å²) < 4.78 is 5.17. The average Bonchev–Trinajstić information content (AvgIpc) is 2.56. The normalized spacial score (nSPS) is 22.1. The Bertz CT molecular complexity index is 614. The minimum Gasteiger partial charge on any atom is -0.449 e. The van der Waals surface area contributed by atoms with Crippen LogP contribution in [0.4, 0.5) is 0 Å². The molecule has 5 heteroatoms. The Morgan fingerprint density at radius 1 is 1.29 bits per heavy atom. The molecule has 1 aliphatic rings. The highest BCUT2D eigenvalue weighted by Crippen LogP contribution is 2.23. The maximum absolute atomic E-state index is 12.2. The Kier molecular flexibility index (Phi) is 6.85. The second-order valence-electron chi connectivity index (χ2n) is 6.31. The molecule has 0 aliphatic heterocycles. The van der Waals surface area contributed by atoms with Gasteiger partial charge in [-0.2, -0.15) is 0 Å². The van der Waals surface area contributed by atoms with Gasteiger partial charge in [-0.3, -0.25) is 4.79 Å². The van der Waals surface area contributed by atoms with Gasteiger partial charge >= 0.3 is 5.97 Å². The summed E-state index contributed by atoms with van der Waals surface area (Å²) in [6, 6.07) is 7.36. The summed E-state index contributed by atoms with van der Waals surface area (Å²) in [5.74, 6) is -0.340. The van der Waals surface area contributed by atoms with Crippen LogP contribution in [0.1, 0.15) is 45.1 Å². The first-order valence-corrected chi connectivity index (χ1v) is 8.78. The zero-order valence-corrected chi connectivity index (χ0v) is 14.9. The third kappa shape index (κ3) is 5.38. The Labute approximate surface area is 148 Å². The topological polar surface area (TPSA) is 55.4 Å². The fraction of sp³-hybridized carbons (Fsp3) is 0.474. The van der Waals surface area contributed by atoms with Crippen LogP contribution in [0.25, 0.3) is 6.08 Å². The van der Waals surface area contributed by atoms with E-state index in [0.717, 1.165) is 24.8 Å². The third-order valence-corrected chi connectivity index (χ3v) is 4.75. The van der Waals surface area contributed by atoms with Crippen molar-refractivity contribution >= 4 is 29.6 Å². The summed E-state index contributed by atoms with van der Waals surface area (Å²) >= 11 is 6.02. The van der Waals surface area contributed by atoms with E-state index in [1.807, 2.05) is 12.1 Å². The van der Waals surface area contributed by atoms with Crippen LogP contribution in [-0.4, -0.2) is 24.0 Å². The number of benzene rings is 1. The van der Waals surface area contributed by atoms with E-state index in [9.17, 15) is 9.59 Å². The highest BCUT2D eigenvalue weighted by atomic mass is 35.5. The molecule has 1 saturated carbocycles. The highest BCUT2D eigenvalue weighted by Gasteiger charge is 2.25. The first-order chi connectivity index (χ1) is 11.5. The van der Waals surface area contributed by atoms with E-state index >= 15 is 0 Å². The van der Waals surface area contributed by atoms with Crippen molar-refractivity contribution in [3.63, 3.8) is 0 Å². The number of hydrogen-bond donors (Lipinski definition) is 1. The maximum atomic E-state index is 12.2. The lowest BCUT2D eigenvalue weighted by Crippen LogP contribution is -2.45. The molecule has 0 unspecified atom stereocenters. The molecule has 1 aromatic carbocycles. The van der Waals surface area contributed by atoms with Crippen LogP contribution in [0.5, 0.6) is 0 Å². The van der Waals surface area contributed by atoms with Crippen LogP contribution < -0.4 is 5.32 Å². The Morgan fingerprint density at radius 2 is 2.00 bits per heavy atom. The van der Waals surface area contributed by atoms with Gasteiger partial charge in [-0.25, -0.2) is 4.79 Å². The Morgan fingerprint density at radius 3 is 2.71 bits per heavy atom. The molecule has 3 atom stereocenters. The fourth-order valence-electron chi connectivity index (χ4n) is 2.87. The first-order valence-electron chi connectivity index (χ1n) is 8.41. The molecular weight excluding hydrogens is 326 g/mol. The van der Waals surface area contributed by atoms with E-state index < -0.39 is 12.1 Å². The van der Waals surface area contributed by atoms with Crippen molar-refractivity contribution in [2.24, 2.45) is 5.92 Å². The summed E-state index contributed by atoms with van der Waals surface area (Å²) in [5, 5.41) is 3.55. The predicted octanol–water partition coefficient (Wildman–Crippen LogP) is 3.98. The molecule has 1 amide bonds. The summed E-state index contributed by atoms with van der Waals surface area (Å²) in [6.45, 7) is 3.73. The monoisotopic (exact) mass is 349 g/mol. The van der Waals surface area contributed by atoms with Crippen molar-refractivity contribution in [2.45, 2.75) is 51.7 Å². The van der Waals surface area contributed by atoms with Gasteiger partial charge in [0.05, 0.1) is 0 Å². The number of hydrogen-bond acceptors (Lipinski definition) is 3. The van der Waals surface area contributed by atoms with Crippen LogP contribution in [0.15, 0.2) is 30.3 Å². The van der Waals surface area contributed by atoms with Crippen molar-refractivity contribution in [2.75, 3.05) is 0 Å². The fourth-order valence-corrected chi connectivity index (χ4v) is 3.06. The van der Waals surface area contributed by atoms with E-state index in [4.69, 9.17) is 16.3 Å². The van der Waals surface area contributed by atoms with Gasteiger partial charge in [-0.1, -0.05) is 49.6 Å². The zero-order chi connectivity index (χ0) is 17.5. The molecule has 1 aromatic rings. The van der Waals surface area contributed by atoms with Crippen LogP contribution in [0.2, 0.25) is 5.02 Å². The number of ether oxygens (including phenoxy) is 1. The molecule has 4 nitrogen and oxygen atoms in total. The van der Waals surface area contributed by atoms with E-state index in [1.165, 1.54) is 12.5 Å². The van der Waals surface area contributed by atoms with Gasteiger partial charge in [0, 0.05) is 17.1 Å². The van der Waals surface area contributed by atoms with Gasteiger partial charge in [-0.15, -0.1) is 0 Å². The second-order valence-corrected chi connectivity index (χ2v) is 6.72. The average molecular weight is 350 g/mol. The lowest BCUT2D eigenvalue weighted by Gasteiger charge is -2.30. The van der Waals surface area contributed by atoms with Gasteiger partial charge in [0.2, 0.25) is 0 Å². The number of nitrogens with one attached hydrogen (secondary N) is 1. The van der Waals surface area contributed by atoms with E-state index in [1.54, 1.807) is 25.1 Å². The summed E-state index contributed by atoms with van der Waals surface area (Å²) in [4.78, 5) is 24.1. The number of rotatable bonds is 5. The van der Waals surface area contributed by atoms with Crippen molar-refractivity contribution in [1.82, 2.24) is 5.32 Å². The minimum atomic E-state index is -0.817. The minimum absolute atomic E-state index is 0.172. The molecule has 24 heavy (non-hydrogen) atoms. The van der Waals surface area contributed by atoms with Crippen molar-refractivity contribution in [1.29, 1.82) is 0 Å². The molecule has 0 aromatic heterocycles. The molecule has 0 heterocycles. The van der Waals surface area contributed by atoms with Crippen LogP contribution in [-0.2, 0) is 14.3 Å². The lowest BCUT2D eigenvalue weighted by molar-refractivity contribution is -0.150. The van der Waals surface area contributed by atoms with Crippen LogP contribution in [0.3, 0.4) is 0 Å². The number of carbonyl (C=O) groups is 2. The van der Waals surface area contributed by atoms with Crippen molar-refractivity contribution in [3.05, 3.63) is 40.9 Å². The maximum Gasteiger partial charge on any atom is 0.331 e. The molecule has 1 fully saturated rings. The molecule has 1 N–H and O–H groups in total. The van der Waals surface area contributed by atoms with Crippen molar-refractivity contribution < 1.29 is 14.3 Å². The second kappa shape index (κ2) is 8.88. The Balaban J connectivity index is 1.84. The lowest BCUT2D eigenvalue weighted by atomic mass is 9.86. The molecular formula is C19H24ClNO3. The Hall–Kier alpha value is -1.81. The van der Waals surface area contributed by atoms with E-state index in [-0.39, 0.29) is 11.9 Å². The van der Waals surface area contributed by atoms with Gasteiger partial charge < -0.3 is 10.1 Å². The number of esters is 1. The molecule has 0 radical (unpaired) electrons. The number of halogens is 1. The first kappa shape index (κ1) is 18.5. The third-order valence-electron chi connectivity index (χ3n) is 4.41. The molecule has 130 valence electrons. The van der Waals surface area contributed by atoms with Gasteiger partial charge in [0.25, 0.3) is 5.91 Å². The van der Waals surface area contributed by atoms with Crippen LogP contribution in [0, 0.1) is 5.92 Å².